The van der Waals surface area contributed by atoms with Gasteiger partial charge in [0.2, 0.25) is 0 Å². The van der Waals surface area contributed by atoms with Gasteiger partial charge in [-0.05, 0) is 38.3 Å². The van der Waals surface area contributed by atoms with E-state index in [-0.39, 0.29) is 6.09 Å². The molecule has 3 rings (SSSR count). The maximum Gasteiger partial charge on any atom is 0.410 e. The lowest BCUT2D eigenvalue weighted by Gasteiger charge is -2.29. The molecule has 2 aromatic rings. The molecule has 1 unspecified atom stereocenters. The molecule has 1 aliphatic heterocycles. The number of anilines is 1. The Morgan fingerprint density at radius 3 is 2.69 bits per heavy atom. The number of carbonyl (C=O) groups is 1. The third-order valence-corrected chi connectivity index (χ3v) is 4.52. The Labute approximate surface area is 171 Å². The number of carbonyl (C=O) groups excluding carboxylic acids is 1. The second-order valence-electron chi connectivity index (χ2n) is 8.00. The minimum atomic E-state index is -0.620. The molecule has 2 N–H and O–H groups in total. The van der Waals surface area contributed by atoms with Crippen molar-refractivity contribution in [3.05, 3.63) is 60.1 Å². The van der Waals surface area contributed by atoms with Crippen LogP contribution in [0.1, 0.15) is 44.6 Å². The molecular formula is C22H28N4O3. The van der Waals surface area contributed by atoms with E-state index in [0.717, 1.165) is 16.8 Å². The maximum absolute atomic E-state index is 12.2. The summed E-state index contributed by atoms with van der Waals surface area (Å²) in [6, 6.07) is 11.4. The molecule has 0 saturated carbocycles. The fourth-order valence-corrected chi connectivity index (χ4v) is 3.02. The van der Waals surface area contributed by atoms with Crippen LogP contribution in [0.15, 0.2) is 48.8 Å². The average molecular weight is 396 g/mol. The first-order valence-corrected chi connectivity index (χ1v) is 9.78. The summed E-state index contributed by atoms with van der Waals surface area (Å²) in [4.78, 5) is 22.5. The number of benzene rings is 1. The number of amides is 1. The zero-order valence-electron chi connectivity index (χ0n) is 17.1. The van der Waals surface area contributed by atoms with Crippen molar-refractivity contribution in [1.29, 1.82) is 0 Å². The van der Waals surface area contributed by atoms with Crippen molar-refractivity contribution < 1.29 is 14.6 Å². The van der Waals surface area contributed by atoms with Crippen LogP contribution in [0.3, 0.4) is 0 Å². The molecule has 0 spiro atoms. The lowest BCUT2D eigenvalue weighted by atomic mass is 10.0. The summed E-state index contributed by atoms with van der Waals surface area (Å²) in [7, 11) is 0. The number of aromatic nitrogens is 2. The Balaban J connectivity index is 1.59. The number of ether oxygens (including phenoxy) is 1. The third kappa shape index (κ3) is 6.02. The molecule has 7 heteroatoms. The van der Waals surface area contributed by atoms with Gasteiger partial charge < -0.3 is 20.1 Å². The maximum atomic E-state index is 12.2. The van der Waals surface area contributed by atoms with Gasteiger partial charge in [-0.3, -0.25) is 0 Å². The Bertz CT molecular complexity index is 862. The quantitative estimate of drug-likeness (QED) is 0.802. The standard InChI is InChI=1S/C22H28N4O3/c1-22(2,3)29-21(28)26-11-9-16(10-12-26)18-13-20(25-15-24-18)23-14-19(27)17-7-5-4-6-8-17/h4-9,13,15,19,27H,10-12,14H2,1-3H3,(H,23,24,25). The fraction of sp³-hybridized carbons (Fsp3) is 0.409. The predicted molar refractivity (Wildman–Crippen MR) is 112 cm³/mol. The van der Waals surface area contributed by atoms with E-state index in [4.69, 9.17) is 4.74 Å². The van der Waals surface area contributed by atoms with E-state index in [1.807, 2.05) is 63.2 Å². The summed E-state index contributed by atoms with van der Waals surface area (Å²) in [5, 5.41) is 13.5. The monoisotopic (exact) mass is 396 g/mol. The van der Waals surface area contributed by atoms with Gasteiger partial charge in [-0.2, -0.15) is 0 Å². The molecule has 1 atom stereocenters. The molecule has 29 heavy (non-hydrogen) atoms. The van der Waals surface area contributed by atoms with Crippen LogP contribution < -0.4 is 5.32 Å². The number of hydrogen-bond donors (Lipinski definition) is 2. The lowest BCUT2D eigenvalue weighted by Crippen LogP contribution is -2.39. The number of aliphatic hydroxyl groups excluding tert-OH is 1. The van der Waals surface area contributed by atoms with Crippen molar-refractivity contribution in [3.63, 3.8) is 0 Å². The Kier molecular flexibility index (Phi) is 6.49. The summed E-state index contributed by atoms with van der Waals surface area (Å²) in [5.74, 6) is 0.653. The molecule has 2 heterocycles. The Morgan fingerprint density at radius 2 is 2.03 bits per heavy atom. The number of nitrogens with one attached hydrogen (secondary N) is 1. The highest BCUT2D eigenvalue weighted by Gasteiger charge is 2.24. The van der Waals surface area contributed by atoms with E-state index < -0.39 is 11.7 Å². The number of nitrogens with zero attached hydrogens (tertiary/aromatic N) is 3. The van der Waals surface area contributed by atoms with Crippen LogP contribution in [0.25, 0.3) is 5.57 Å². The van der Waals surface area contributed by atoms with Gasteiger partial charge in [0, 0.05) is 25.7 Å². The highest BCUT2D eigenvalue weighted by Crippen LogP contribution is 2.23. The van der Waals surface area contributed by atoms with Crippen molar-refractivity contribution in [2.45, 2.75) is 38.9 Å². The van der Waals surface area contributed by atoms with Crippen LogP contribution in [-0.4, -0.2) is 51.3 Å². The largest absolute Gasteiger partial charge is 0.444 e. The molecule has 7 nitrogen and oxygen atoms in total. The first kappa shape index (κ1) is 20.8. The van der Waals surface area contributed by atoms with Crippen molar-refractivity contribution in [2.75, 3.05) is 25.0 Å². The summed E-state index contributed by atoms with van der Waals surface area (Å²) >= 11 is 0. The molecule has 0 fully saturated rings. The topological polar surface area (TPSA) is 87.6 Å². The van der Waals surface area contributed by atoms with Crippen LogP contribution in [0.4, 0.5) is 10.6 Å². The lowest BCUT2D eigenvalue weighted by molar-refractivity contribution is 0.0270. The third-order valence-electron chi connectivity index (χ3n) is 4.52. The van der Waals surface area contributed by atoms with Gasteiger partial charge in [-0.15, -0.1) is 0 Å². The second-order valence-corrected chi connectivity index (χ2v) is 8.00. The van der Waals surface area contributed by atoms with E-state index >= 15 is 0 Å². The van der Waals surface area contributed by atoms with Crippen molar-refractivity contribution in [1.82, 2.24) is 14.9 Å². The molecule has 154 valence electrons. The predicted octanol–water partition coefficient (Wildman–Crippen LogP) is 3.65. The zero-order valence-corrected chi connectivity index (χ0v) is 17.1. The summed E-state index contributed by atoms with van der Waals surface area (Å²) < 4.78 is 5.43. The summed E-state index contributed by atoms with van der Waals surface area (Å²) in [6.45, 7) is 7.01. The minimum Gasteiger partial charge on any atom is -0.444 e. The highest BCUT2D eigenvalue weighted by atomic mass is 16.6. The molecule has 0 saturated heterocycles. The SMILES string of the molecule is CC(C)(C)OC(=O)N1CC=C(c2cc(NCC(O)c3ccccc3)ncn2)CC1. The van der Waals surface area contributed by atoms with Crippen LogP contribution in [0.2, 0.25) is 0 Å². The van der Waals surface area contributed by atoms with Gasteiger partial charge in [0.25, 0.3) is 0 Å². The van der Waals surface area contributed by atoms with E-state index in [2.05, 4.69) is 15.3 Å². The Hall–Kier alpha value is -2.93. The molecule has 1 aliphatic rings. The summed E-state index contributed by atoms with van der Waals surface area (Å²) in [5.41, 5.74) is 2.24. The molecule has 1 aromatic heterocycles. The van der Waals surface area contributed by atoms with Gasteiger partial charge in [0.15, 0.2) is 0 Å². The van der Waals surface area contributed by atoms with Gasteiger partial charge in [0.05, 0.1) is 11.8 Å². The van der Waals surface area contributed by atoms with E-state index in [0.29, 0.717) is 31.9 Å². The molecular weight excluding hydrogens is 368 g/mol. The van der Waals surface area contributed by atoms with Crippen LogP contribution in [-0.2, 0) is 4.74 Å². The van der Waals surface area contributed by atoms with Crippen molar-refractivity contribution in [3.8, 4) is 0 Å². The van der Waals surface area contributed by atoms with Crippen molar-refractivity contribution in [2.24, 2.45) is 0 Å². The molecule has 0 radical (unpaired) electrons. The molecule has 1 amide bonds. The van der Waals surface area contributed by atoms with Gasteiger partial charge in [-0.25, -0.2) is 14.8 Å². The first-order chi connectivity index (χ1) is 13.8. The number of hydrogen-bond acceptors (Lipinski definition) is 6. The van der Waals surface area contributed by atoms with Gasteiger partial charge in [-0.1, -0.05) is 36.4 Å². The van der Waals surface area contributed by atoms with Crippen LogP contribution in [0.5, 0.6) is 0 Å². The normalized spacial score (nSPS) is 15.4. The van der Waals surface area contributed by atoms with Gasteiger partial charge >= 0.3 is 6.09 Å². The molecule has 0 aliphatic carbocycles. The minimum absolute atomic E-state index is 0.298. The Morgan fingerprint density at radius 1 is 1.28 bits per heavy atom. The summed E-state index contributed by atoms with van der Waals surface area (Å²) in [6.07, 6.45) is 3.28. The average Bonchev–Trinajstić information content (AvgIpc) is 2.72. The van der Waals surface area contributed by atoms with Crippen LogP contribution in [0, 0.1) is 0 Å². The van der Waals surface area contributed by atoms with Gasteiger partial charge in [0.1, 0.15) is 17.7 Å². The van der Waals surface area contributed by atoms with E-state index in [1.54, 1.807) is 4.90 Å². The van der Waals surface area contributed by atoms with E-state index in [9.17, 15) is 9.90 Å². The first-order valence-electron chi connectivity index (χ1n) is 9.78. The molecule has 1 aromatic carbocycles. The molecule has 0 bridgehead atoms. The highest BCUT2D eigenvalue weighted by molar-refractivity contribution is 5.72. The van der Waals surface area contributed by atoms with Crippen LogP contribution >= 0.6 is 0 Å². The smallest absolute Gasteiger partial charge is 0.410 e. The number of rotatable bonds is 5. The number of aliphatic hydroxyl groups is 1. The second kappa shape index (κ2) is 9.05. The zero-order chi connectivity index (χ0) is 20.9. The van der Waals surface area contributed by atoms with Crippen molar-refractivity contribution >= 4 is 17.5 Å². The van der Waals surface area contributed by atoms with E-state index in [1.165, 1.54) is 6.33 Å². The fourth-order valence-electron chi connectivity index (χ4n) is 3.02.